The number of aliphatic imine (C=N–C) groups is 1. The maximum atomic E-state index is 12.9. The Morgan fingerprint density at radius 3 is 1.90 bits per heavy atom. The number of hydrogen-bond donors (Lipinski definition) is 7. The van der Waals surface area contributed by atoms with Gasteiger partial charge in [0, 0.05) is 7.05 Å². The molecule has 7 N–H and O–H groups in total. The van der Waals surface area contributed by atoms with Crippen molar-refractivity contribution >= 4 is 24.1 Å². The summed E-state index contributed by atoms with van der Waals surface area (Å²) in [6, 6.07) is -2.70. The molecule has 1 heterocycles. The van der Waals surface area contributed by atoms with E-state index in [1.54, 1.807) is 20.8 Å². The van der Waals surface area contributed by atoms with E-state index in [0.717, 1.165) is 9.80 Å². The number of carbonyl (C=O) groups is 3. The van der Waals surface area contributed by atoms with Crippen molar-refractivity contribution < 1.29 is 49.8 Å². The summed E-state index contributed by atoms with van der Waals surface area (Å²) in [7, 11) is 1.23. The van der Waals surface area contributed by atoms with Crippen molar-refractivity contribution in [3.63, 3.8) is 0 Å². The van der Waals surface area contributed by atoms with Gasteiger partial charge in [-0.15, -0.1) is 4.99 Å². The molecule has 14 nitrogen and oxygen atoms in total. The van der Waals surface area contributed by atoms with Gasteiger partial charge in [0.1, 0.15) is 23.9 Å². The fourth-order valence-electron chi connectivity index (χ4n) is 3.03. The zero-order valence-electron chi connectivity index (χ0n) is 17.7. The van der Waals surface area contributed by atoms with Crippen LogP contribution in [-0.2, 0) is 9.53 Å². The predicted octanol–water partition coefficient (Wildman–Crippen LogP) is -2.88. The summed E-state index contributed by atoms with van der Waals surface area (Å²) in [6.07, 6.45) is -7.82. The lowest BCUT2D eigenvalue weighted by Crippen LogP contribution is -2.70. The van der Waals surface area contributed by atoms with Crippen LogP contribution in [0.15, 0.2) is 4.99 Å². The third-order valence-electron chi connectivity index (χ3n) is 4.41. The average Bonchev–Trinajstić information content (AvgIpc) is 2.63. The third kappa shape index (κ3) is 7.00. The van der Waals surface area contributed by atoms with Gasteiger partial charge < -0.3 is 45.2 Å². The van der Waals surface area contributed by atoms with E-state index < -0.39 is 79.8 Å². The zero-order valence-corrected chi connectivity index (χ0v) is 17.7. The minimum absolute atomic E-state index is 0.547. The van der Waals surface area contributed by atoms with Crippen molar-refractivity contribution in [2.24, 2.45) is 4.99 Å². The number of nitrogens with zero attached hydrogens (tertiary/aromatic N) is 3. The number of carbonyl (C=O) groups excluding carboxylic acids is 2. The van der Waals surface area contributed by atoms with Crippen LogP contribution in [0, 0.1) is 0 Å². The lowest BCUT2D eigenvalue weighted by molar-refractivity contribution is -0.187. The molecule has 0 aromatic rings. The van der Waals surface area contributed by atoms with Crippen LogP contribution in [0.25, 0.3) is 0 Å². The summed E-state index contributed by atoms with van der Waals surface area (Å²) in [5.74, 6) is -1.41. The number of aliphatic hydroxyl groups excluding tert-OH is 5. The molecule has 0 radical (unpaired) electrons. The number of piperidine rings is 1. The molecule has 14 heteroatoms. The molecule has 1 aliphatic heterocycles. The van der Waals surface area contributed by atoms with Gasteiger partial charge in [-0.25, -0.2) is 9.59 Å². The van der Waals surface area contributed by atoms with E-state index in [1.165, 1.54) is 7.05 Å². The monoisotopic (exact) mass is 450 g/mol. The van der Waals surface area contributed by atoms with E-state index in [2.05, 4.69) is 4.99 Å². The molecule has 1 aliphatic rings. The lowest BCUT2D eigenvalue weighted by atomic mass is 9.88. The van der Waals surface area contributed by atoms with Gasteiger partial charge in [0.05, 0.1) is 31.8 Å². The predicted molar refractivity (Wildman–Crippen MR) is 104 cm³/mol. The van der Waals surface area contributed by atoms with Gasteiger partial charge in [-0.3, -0.25) is 10.1 Å². The molecule has 1 saturated heterocycles. The van der Waals surface area contributed by atoms with Crippen molar-refractivity contribution in [1.82, 2.24) is 15.1 Å². The van der Waals surface area contributed by atoms with Crippen LogP contribution in [0.2, 0.25) is 0 Å². The van der Waals surface area contributed by atoms with Gasteiger partial charge in [-0.05, 0) is 20.8 Å². The van der Waals surface area contributed by atoms with E-state index in [0.29, 0.717) is 0 Å². The second-order valence-corrected chi connectivity index (χ2v) is 7.97. The average molecular weight is 450 g/mol. The van der Waals surface area contributed by atoms with Crippen LogP contribution < -0.4 is 5.32 Å². The maximum Gasteiger partial charge on any atom is 0.437 e. The van der Waals surface area contributed by atoms with E-state index in [1.807, 2.05) is 5.32 Å². The Balaban J connectivity index is 3.13. The van der Waals surface area contributed by atoms with Gasteiger partial charge >= 0.3 is 12.2 Å². The number of likely N-dealkylation sites (N-methyl/N-ethyl adjacent to an activating group) is 1. The topological polar surface area (TPSA) is 213 Å². The fraction of sp³-hybridized carbons (Fsp3) is 0.765. The molecule has 5 atom stereocenters. The molecule has 0 aromatic carbocycles. The first kappa shape index (κ1) is 26.5. The standard InChI is InChI=1S/C17H30N4O10/c1-17(2,3)31-16(30)19-14(18-15(28)29)20(4)5-10(24)21-8(6-22)11(25)13(27)12(26)9(21)7-23/h8-9,11-13,22-23,25-27H,5-7H2,1-4H3,(H,28,29)(H,18,19,30)/t8-,9-,11-,12+,13?/m1/s1. The van der Waals surface area contributed by atoms with Crippen LogP contribution in [0.3, 0.4) is 0 Å². The molecule has 0 saturated carbocycles. The largest absolute Gasteiger partial charge is 0.465 e. The zero-order chi connectivity index (χ0) is 24.1. The number of likely N-dealkylation sites (tertiary alicyclic amines) is 1. The maximum absolute atomic E-state index is 12.9. The van der Waals surface area contributed by atoms with Gasteiger partial charge in [0.25, 0.3) is 0 Å². The molecule has 1 fully saturated rings. The number of hydrogen-bond acceptors (Lipinski definition) is 9. The molecule has 0 aliphatic carbocycles. The Hall–Kier alpha value is -2.52. The summed E-state index contributed by atoms with van der Waals surface area (Å²) in [4.78, 5) is 41.1. The first-order valence-corrected chi connectivity index (χ1v) is 9.33. The van der Waals surface area contributed by atoms with E-state index in [9.17, 15) is 39.9 Å². The van der Waals surface area contributed by atoms with Crippen molar-refractivity contribution in [3.05, 3.63) is 0 Å². The third-order valence-corrected chi connectivity index (χ3v) is 4.41. The van der Waals surface area contributed by atoms with Crippen molar-refractivity contribution in [3.8, 4) is 0 Å². The van der Waals surface area contributed by atoms with Crippen LogP contribution >= 0.6 is 0 Å². The molecule has 0 aromatic heterocycles. The van der Waals surface area contributed by atoms with Gasteiger partial charge in [0.15, 0.2) is 0 Å². The number of aliphatic hydroxyl groups is 5. The number of carboxylic acid groups (broad SMARTS) is 1. The Kier molecular flexibility index (Phi) is 9.13. The highest BCUT2D eigenvalue weighted by atomic mass is 16.6. The summed E-state index contributed by atoms with van der Waals surface area (Å²) < 4.78 is 4.99. The number of amides is 3. The van der Waals surface area contributed by atoms with Gasteiger partial charge in [-0.2, -0.15) is 0 Å². The summed E-state index contributed by atoms with van der Waals surface area (Å²) in [5, 5.41) is 60.1. The van der Waals surface area contributed by atoms with Gasteiger partial charge in [0.2, 0.25) is 11.9 Å². The van der Waals surface area contributed by atoms with Crippen LogP contribution in [0.4, 0.5) is 9.59 Å². The molecule has 0 spiro atoms. The fourth-order valence-corrected chi connectivity index (χ4v) is 3.03. The quantitative estimate of drug-likeness (QED) is 0.171. The summed E-state index contributed by atoms with van der Waals surface area (Å²) in [5.41, 5.74) is -0.910. The number of guanidine groups is 1. The Bertz CT molecular complexity index is 677. The first-order valence-electron chi connectivity index (χ1n) is 9.33. The molecule has 1 unspecified atom stereocenters. The Labute approximate surface area is 178 Å². The second-order valence-electron chi connectivity index (χ2n) is 7.97. The normalized spacial score (nSPS) is 26.9. The molecule has 31 heavy (non-hydrogen) atoms. The van der Waals surface area contributed by atoms with Crippen molar-refractivity contribution in [2.45, 2.75) is 56.8 Å². The highest BCUT2D eigenvalue weighted by Crippen LogP contribution is 2.25. The van der Waals surface area contributed by atoms with Crippen molar-refractivity contribution in [1.29, 1.82) is 0 Å². The molecule has 0 bridgehead atoms. The highest BCUT2D eigenvalue weighted by Gasteiger charge is 2.49. The summed E-state index contributed by atoms with van der Waals surface area (Å²) >= 11 is 0. The van der Waals surface area contributed by atoms with Crippen LogP contribution in [-0.4, -0.2) is 127 Å². The molecule has 1 rings (SSSR count). The Morgan fingerprint density at radius 2 is 1.52 bits per heavy atom. The summed E-state index contributed by atoms with van der Waals surface area (Å²) in [6.45, 7) is 2.51. The number of nitrogens with one attached hydrogen (secondary N) is 1. The van der Waals surface area contributed by atoms with Crippen LogP contribution in [0.1, 0.15) is 20.8 Å². The van der Waals surface area contributed by atoms with Gasteiger partial charge in [-0.1, -0.05) is 0 Å². The first-order chi connectivity index (χ1) is 14.2. The molecular formula is C17H30N4O10. The minimum Gasteiger partial charge on any atom is -0.465 e. The number of rotatable bonds is 4. The number of ether oxygens (including phenoxy) is 1. The van der Waals surface area contributed by atoms with Crippen molar-refractivity contribution in [2.75, 3.05) is 26.8 Å². The van der Waals surface area contributed by atoms with E-state index in [-0.39, 0.29) is 0 Å². The minimum atomic E-state index is -1.71. The molecule has 3 amide bonds. The smallest absolute Gasteiger partial charge is 0.437 e. The van der Waals surface area contributed by atoms with Crippen LogP contribution in [0.5, 0.6) is 0 Å². The second kappa shape index (κ2) is 10.7. The Morgan fingerprint density at radius 1 is 1.03 bits per heavy atom. The molecule has 178 valence electrons. The van der Waals surface area contributed by atoms with E-state index >= 15 is 0 Å². The van der Waals surface area contributed by atoms with E-state index in [4.69, 9.17) is 9.84 Å². The molecular weight excluding hydrogens is 420 g/mol. The SMILES string of the molecule is CN(CC(=O)N1[C@H](CO)[C@H](O)C(O)[C@H](O)[C@H]1CO)C(=NC(=O)OC(C)(C)C)NC(=O)O. The lowest BCUT2D eigenvalue weighted by Gasteiger charge is -2.48. The highest BCUT2D eigenvalue weighted by molar-refractivity contribution is 5.99.